The number of aromatic amines is 1. The second kappa shape index (κ2) is 4.49. The van der Waals surface area contributed by atoms with Gasteiger partial charge in [0.15, 0.2) is 0 Å². The molecule has 0 amide bonds. The molecule has 0 radical (unpaired) electrons. The Morgan fingerprint density at radius 2 is 2.33 bits per heavy atom. The minimum atomic E-state index is -3.82. The van der Waals surface area contributed by atoms with E-state index in [0.29, 0.717) is 0 Å². The van der Waals surface area contributed by atoms with Crippen molar-refractivity contribution in [3.05, 3.63) is 24.8 Å². The Hall–Kier alpha value is -2.36. The molecule has 0 aliphatic heterocycles. The number of rotatable bonds is 5. The standard InChI is InChI=1S/C8H9N5O4S/c14-7(15)5-13-4-6(3-11-13)18(16,17)12-8-9-1-2-10-8/h1-4H,5H2,(H,14,15)(H2,9,10,12). The fraction of sp³-hybridized carbons (Fsp3) is 0.125. The molecule has 9 nitrogen and oxygen atoms in total. The summed E-state index contributed by atoms with van der Waals surface area (Å²) in [5.74, 6) is -1.04. The van der Waals surface area contributed by atoms with Gasteiger partial charge in [-0.3, -0.25) is 9.48 Å². The van der Waals surface area contributed by atoms with Gasteiger partial charge in [0, 0.05) is 18.6 Å². The number of H-pyrrole nitrogens is 1. The van der Waals surface area contributed by atoms with Crippen LogP contribution in [-0.2, 0) is 21.4 Å². The molecule has 18 heavy (non-hydrogen) atoms. The fourth-order valence-corrected chi connectivity index (χ4v) is 2.15. The molecule has 0 saturated carbocycles. The van der Waals surface area contributed by atoms with Gasteiger partial charge in [-0.15, -0.1) is 0 Å². The van der Waals surface area contributed by atoms with Gasteiger partial charge < -0.3 is 10.1 Å². The van der Waals surface area contributed by atoms with Crippen LogP contribution in [0.15, 0.2) is 29.7 Å². The second-order valence-corrected chi connectivity index (χ2v) is 4.99. The largest absolute Gasteiger partial charge is 0.480 e. The van der Waals surface area contributed by atoms with Gasteiger partial charge in [0.25, 0.3) is 10.0 Å². The van der Waals surface area contributed by atoms with Crippen LogP contribution in [0.2, 0.25) is 0 Å². The second-order valence-electron chi connectivity index (χ2n) is 3.31. The molecule has 0 aliphatic carbocycles. The molecule has 0 fully saturated rings. The van der Waals surface area contributed by atoms with E-state index in [4.69, 9.17) is 5.11 Å². The first-order valence-electron chi connectivity index (χ1n) is 4.74. The Balaban J connectivity index is 2.19. The first-order chi connectivity index (χ1) is 8.47. The molecular weight excluding hydrogens is 262 g/mol. The molecule has 0 atom stereocenters. The summed E-state index contributed by atoms with van der Waals surface area (Å²) >= 11 is 0. The van der Waals surface area contributed by atoms with Crippen molar-refractivity contribution < 1.29 is 18.3 Å². The Labute approximate surface area is 102 Å². The van der Waals surface area contributed by atoms with Gasteiger partial charge >= 0.3 is 5.97 Å². The average Bonchev–Trinajstić information content (AvgIpc) is 2.87. The zero-order valence-electron chi connectivity index (χ0n) is 8.94. The molecule has 0 aliphatic rings. The van der Waals surface area contributed by atoms with Crippen LogP contribution in [0.4, 0.5) is 5.95 Å². The third kappa shape index (κ3) is 2.66. The first-order valence-corrected chi connectivity index (χ1v) is 6.22. The Kier molecular flexibility index (Phi) is 3.02. The van der Waals surface area contributed by atoms with E-state index >= 15 is 0 Å². The maximum absolute atomic E-state index is 11.8. The van der Waals surface area contributed by atoms with Gasteiger partial charge in [-0.2, -0.15) is 5.10 Å². The molecule has 2 rings (SSSR count). The van der Waals surface area contributed by atoms with Crippen LogP contribution in [0, 0.1) is 0 Å². The summed E-state index contributed by atoms with van der Waals surface area (Å²) in [5.41, 5.74) is 0. The summed E-state index contributed by atoms with van der Waals surface area (Å²) in [6.07, 6.45) is 5.05. The van der Waals surface area contributed by atoms with Crippen LogP contribution >= 0.6 is 0 Å². The molecule has 2 aromatic heterocycles. The highest BCUT2D eigenvalue weighted by Crippen LogP contribution is 2.11. The molecule has 0 aromatic carbocycles. The number of nitrogens with one attached hydrogen (secondary N) is 2. The van der Waals surface area contributed by atoms with Crippen LogP contribution in [0.1, 0.15) is 0 Å². The molecule has 3 N–H and O–H groups in total. The van der Waals surface area contributed by atoms with Crippen LogP contribution < -0.4 is 4.72 Å². The zero-order valence-corrected chi connectivity index (χ0v) is 9.75. The molecule has 10 heteroatoms. The third-order valence-corrected chi connectivity index (χ3v) is 3.24. The van der Waals surface area contributed by atoms with Crippen molar-refractivity contribution in [2.75, 3.05) is 4.72 Å². The van der Waals surface area contributed by atoms with Crippen LogP contribution in [0.25, 0.3) is 0 Å². The van der Waals surface area contributed by atoms with Crippen LogP contribution in [-0.4, -0.2) is 39.2 Å². The number of anilines is 1. The first kappa shape index (κ1) is 12.1. The number of nitrogens with zero attached hydrogens (tertiary/aromatic N) is 3. The van der Waals surface area contributed by atoms with Gasteiger partial charge in [-0.25, -0.2) is 18.1 Å². The summed E-state index contributed by atoms with van der Waals surface area (Å²) < 4.78 is 26.9. The predicted octanol–water partition coefficient (Wildman–Crippen LogP) is -0.508. The topological polar surface area (TPSA) is 130 Å². The number of aliphatic carboxylic acids is 1. The van der Waals surface area contributed by atoms with Crippen molar-refractivity contribution in [1.82, 2.24) is 19.7 Å². The Bertz CT molecular complexity index is 645. The average molecular weight is 271 g/mol. The van der Waals surface area contributed by atoms with Gasteiger partial charge in [-0.05, 0) is 0 Å². The highest BCUT2D eigenvalue weighted by atomic mass is 32.2. The molecule has 0 unspecified atom stereocenters. The third-order valence-electron chi connectivity index (χ3n) is 1.95. The van der Waals surface area contributed by atoms with Crippen molar-refractivity contribution in [3.63, 3.8) is 0 Å². The van der Waals surface area contributed by atoms with Crippen molar-refractivity contribution in [2.45, 2.75) is 11.4 Å². The van der Waals surface area contributed by atoms with E-state index in [0.717, 1.165) is 17.1 Å². The number of aromatic nitrogens is 4. The smallest absolute Gasteiger partial charge is 0.325 e. The number of hydrogen-bond donors (Lipinski definition) is 3. The summed E-state index contributed by atoms with van der Waals surface area (Å²) in [4.78, 5) is 16.6. The maximum Gasteiger partial charge on any atom is 0.325 e. The van der Waals surface area contributed by atoms with E-state index in [-0.39, 0.29) is 10.8 Å². The van der Waals surface area contributed by atoms with Crippen molar-refractivity contribution >= 4 is 21.9 Å². The highest BCUT2D eigenvalue weighted by molar-refractivity contribution is 7.92. The van der Waals surface area contributed by atoms with E-state index in [1.807, 2.05) is 0 Å². The molecule has 0 spiro atoms. The number of carboxylic acids is 1. The number of carboxylic acid groups (broad SMARTS) is 1. The molecule has 2 aromatic rings. The highest BCUT2D eigenvalue weighted by Gasteiger charge is 2.18. The predicted molar refractivity (Wildman–Crippen MR) is 59.3 cm³/mol. The van der Waals surface area contributed by atoms with Crippen molar-refractivity contribution in [2.24, 2.45) is 0 Å². The molecule has 2 heterocycles. The fourth-order valence-electron chi connectivity index (χ4n) is 1.22. The minimum absolute atomic E-state index is 0.0704. The molecule has 0 bridgehead atoms. The van der Waals surface area contributed by atoms with E-state index in [9.17, 15) is 13.2 Å². The lowest BCUT2D eigenvalue weighted by atomic mass is 10.6. The monoisotopic (exact) mass is 271 g/mol. The van der Waals surface area contributed by atoms with Gasteiger partial charge in [-0.1, -0.05) is 0 Å². The summed E-state index contributed by atoms with van der Waals surface area (Å²) in [7, 11) is -3.82. The maximum atomic E-state index is 11.8. The lowest BCUT2D eigenvalue weighted by Crippen LogP contribution is -2.13. The van der Waals surface area contributed by atoms with Crippen molar-refractivity contribution in [1.29, 1.82) is 0 Å². The molecule has 96 valence electrons. The van der Waals surface area contributed by atoms with E-state index in [1.54, 1.807) is 0 Å². The van der Waals surface area contributed by atoms with E-state index in [1.165, 1.54) is 12.4 Å². The number of sulfonamides is 1. The number of carbonyl (C=O) groups is 1. The van der Waals surface area contributed by atoms with Crippen LogP contribution in [0.5, 0.6) is 0 Å². The minimum Gasteiger partial charge on any atom is -0.480 e. The summed E-state index contributed by atoms with van der Waals surface area (Å²) in [6, 6.07) is 0. The van der Waals surface area contributed by atoms with Crippen LogP contribution in [0.3, 0.4) is 0 Å². The normalized spacial score (nSPS) is 11.3. The van der Waals surface area contributed by atoms with Gasteiger partial charge in [0.05, 0.1) is 6.20 Å². The SMILES string of the molecule is O=C(O)Cn1cc(S(=O)(=O)Nc2ncc[nH]2)cn1. The zero-order chi connectivity index (χ0) is 13.2. The lowest BCUT2D eigenvalue weighted by Gasteiger charge is -2.01. The lowest BCUT2D eigenvalue weighted by molar-refractivity contribution is -0.137. The van der Waals surface area contributed by atoms with Crippen molar-refractivity contribution in [3.8, 4) is 0 Å². The van der Waals surface area contributed by atoms with E-state index in [2.05, 4.69) is 19.8 Å². The van der Waals surface area contributed by atoms with E-state index < -0.39 is 22.5 Å². The summed E-state index contributed by atoms with van der Waals surface area (Å²) in [5, 5.41) is 12.2. The number of hydrogen-bond acceptors (Lipinski definition) is 5. The number of imidazole rings is 1. The molecule has 0 saturated heterocycles. The Morgan fingerprint density at radius 3 is 2.94 bits per heavy atom. The molecular formula is C8H9N5O4S. The summed E-state index contributed by atoms with van der Waals surface area (Å²) in [6.45, 7) is -0.406. The van der Waals surface area contributed by atoms with Gasteiger partial charge in [0.2, 0.25) is 5.95 Å². The Morgan fingerprint density at radius 1 is 1.56 bits per heavy atom. The van der Waals surface area contributed by atoms with Gasteiger partial charge in [0.1, 0.15) is 11.4 Å². The quantitative estimate of drug-likeness (QED) is 0.671.